The molecule has 25 heavy (non-hydrogen) atoms. The van der Waals surface area contributed by atoms with Gasteiger partial charge in [-0.1, -0.05) is 15.9 Å². The van der Waals surface area contributed by atoms with E-state index >= 15 is 0 Å². The minimum Gasteiger partial charge on any atom is -0.354 e. The molecule has 0 unspecified atom stereocenters. The molecule has 0 aliphatic heterocycles. The van der Waals surface area contributed by atoms with Gasteiger partial charge in [0, 0.05) is 36.1 Å². The standard InChI is InChI=1S/C18H26BrN3O3/c1-4-22(5-2)16(23)7-6-12-20-17(24)13(3)21-18(25)14-8-10-15(19)11-9-14/h8-11,13H,4-7,12H2,1-3H3,(H,20,24)(H,21,25)/t13-/m1/s1. The van der Waals surface area contributed by atoms with Gasteiger partial charge < -0.3 is 15.5 Å². The number of hydrogen-bond acceptors (Lipinski definition) is 3. The summed E-state index contributed by atoms with van der Waals surface area (Å²) in [5, 5.41) is 5.41. The summed E-state index contributed by atoms with van der Waals surface area (Å²) in [4.78, 5) is 37.7. The van der Waals surface area contributed by atoms with Crippen LogP contribution >= 0.6 is 15.9 Å². The highest BCUT2D eigenvalue weighted by Gasteiger charge is 2.16. The van der Waals surface area contributed by atoms with Gasteiger partial charge in [0.1, 0.15) is 6.04 Å². The number of carbonyl (C=O) groups excluding carboxylic acids is 3. The Morgan fingerprint density at radius 1 is 1.12 bits per heavy atom. The highest BCUT2D eigenvalue weighted by Crippen LogP contribution is 2.10. The summed E-state index contributed by atoms with van der Waals surface area (Å²) < 4.78 is 0.883. The van der Waals surface area contributed by atoms with Gasteiger partial charge in [0.15, 0.2) is 0 Å². The van der Waals surface area contributed by atoms with Crippen LogP contribution in [-0.2, 0) is 9.59 Å². The maximum absolute atomic E-state index is 12.1. The van der Waals surface area contributed by atoms with Gasteiger partial charge in [-0.15, -0.1) is 0 Å². The average Bonchev–Trinajstić information content (AvgIpc) is 2.60. The number of benzene rings is 1. The molecule has 0 heterocycles. The third-order valence-electron chi connectivity index (χ3n) is 3.83. The van der Waals surface area contributed by atoms with Crippen molar-refractivity contribution in [1.82, 2.24) is 15.5 Å². The molecule has 1 aromatic carbocycles. The molecule has 138 valence electrons. The molecule has 2 N–H and O–H groups in total. The van der Waals surface area contributed by atoms with E-state index in [0.717, 1.165) is 4.47 Å². The van der Waals surface area contributed by atoms with Crippen LogP contribution in [0.2, 0.25) is 0 Å². The van der Waals surface area contributed by atoms with Gasteiger partial charge in [0.2, 0.25) is 11.8 Å². The maximum atomic E-state index is 12.1. The topological polar surface area (TPSA) is 78.5 Å². The Morgan fingerprint density at radius 2 is 1.72 bits per heavy atom. The number of rotatable bonds is 9. The van der Waals surface area contributed by atoms with Crippen LogP contribution in [0, 0.1) is 0 Å². The van der Waals surface area contributed by atoms with Crippen molar-refractivity contribution in [2.24, 2.45) is 0 Å². The van der Waals surface area contributed by atoms with Gasteiger partial charge in [-0.25, -0.2) is 0 Å². The molecule has 0 saturated heterocycles. The van der Waals surface area contributed by atoms with Crippen molar-refractivity contribution < 1.29 is 14.4 Å². The minimum atomic E-state index is -0.644. The number of hydrogen-bond donors (Lipinski definition) is 2. The number of carbonyl (C=O) groups is 3. The van der Waals surface area contributed by atoms with Gasteiger partial charge in [0.05, 0.1) is 0 Å². The lowest BCUT2D eigenvalue weighted by atomic mass is 10.2. The fourth-order valence-electron chi connectivity index (χ4n) is 2.29. The highest BCUT2D eigenvalue weighted by molar-refractivity contribution is 9.10. The molecule has 0 aromatic heterocycles. The van der Waals surface area contributed by atoms with Crippen LogP contribution in [0.4, 0.5) is 0 Å². The normalized spacial score (nSPS) is 11.5. The zero-order valence-electron chi connectivity index (χ0n) is 15.0. The number of nitrogens with zero attached hydrogens (tertiary/aromatic N) is 1. The van der Waals surface area contributed by atoms with Gasteiger partial charge in [-0.05, 0) is 51.5 Å². The maximum Gasteiger partial charge on any atom is 0.251 e. The molecule has 0 aliphatic rings. The van der Waals surface area contributed by atoms with E-state index in [-0.39, 0.29) is 17.7 Å². The predicted octanol–water partition coefficient (Wildman–Crippen LogP) is 2.33. The monoisotopic (exact) mass is 411 g/mol. The lowest BCUT2D eigenvalue weighted by Gasteiger charge is -2.18. The molecule has 7 heteroatoms. The van der Waals surface area contributed by atoms with E-state index in [1.54, 1.807) is 36.1 Å². The molecule has 0 bridgehead atoms. The predicted molar refractivity (Wildman–Crippen MR) is 101 cm³/mol. The largest absolute Gasteiger partial charge is 0.354 e. The van der Waals surface area contributed by atoms with E-state index < -0.39 is 6.04 Å². The van der Waals surface area contributed by atoms with Crippen molar-refractivity contribution in [2.45, 2.75) is 39.7 Å². The lowest BCUT2D eigenvalue weighted by molar-refractivity contribution is -0.131. The van der Waals surface area contributed by atoms with Crippen molar-refractivity contribution in [3.8, 4) is 0 Å². The van der Waals surface area contributed by atoms with Crippen LogP contribution in [-0.4, -0.2) is 48.3 Å². The van der Waals surface area contributed by atoms with E-state index in [1.165, 1.54) is 0 Å². The summed E-state index contributed by atoms with van der Waals surface area (Å²) in [6.45, 7) is 7.32. The summed E-state index contributed by atoms with van der Waals surface area (Å²) in [7, 11) is 0. The zero-order valence-corrected chi connectivity index (χ0v) is 16.6. The molecule has 1 rings (SSSR count). The van der Waals surface area contributed by atoms with Crippen molar-refractivity contribution in [1.29, 1.82) is 0 Å². The molecular weight excluding hydrogens is 386 g/mol. The van der Waals surface area contributed by atoms with Crippen LogP contribution in [0.3, 0.4) is 0 Å². The number of amides is 3. The van der Waals surface area contributed by atoms with Crippen LogP contribution in [0.1, 0.15) is 44.0 Å². The third kappa shape index (κ3) is 7.25. The first kappa shape index (κ1) is 21.2. The molecule has 0 fully saturated rings. The third-order valence-corrected chi connectivity index (χ3v) is 4.36. The van der Waals surface area contributed by atoms with Crippen molar-refractivity contribution >= 4 is 33.7 Å². The van der Waals surface area contributed by atoms with Gasteiger partial charge in [-0.3, -0.25) is 14.4 Å². The summed E-state index contributed by atoms with van der Waals surface area (Å²) in [5.74, 6) is -0.469. The number of nitrogens with one attached hydrogen (secondary N) is 2. The second kappa shape index (κ2) is 10.9. The van der Waals surface area contributed by atoms with E-state index in [1.807, 2.05) is 13.8 Å². The van der Waals surface area contributed by atoms with Crippen LogP contribution in [0.15, 0.2) is 28.7 Å². The van der Waals surface area contributed by atoms with Gasteiger partial charge in [0.25, 0.3) is 5.91 Å². The molecule has 1 aromatic rings. The Hall–Kier alpha value is -1.89. The highest BCUT2D eigenvalue weighted by atomic mass is 79.9. The molecule has 0 saturated carbocycles. The molecule has 0 spiro atoms. The van der Waals surface area contributed by atoms with Gasteiger partial charge in [-0.2, -0.15) is 0 Å². The summed E-state index contributed by atoms with van der Waals surface area (Å²) >= 11 is 3.31. The Morgan fingerprint density at radius 3 is 2.28 bits per heavy atom. The van der Waals surface area contributed by atoms with Crippen LogP contribution in [0.5, 0.6) is 0 Å². The van der Waals surface area contributed by atoms with Crippen LogP contribution in [0.25, 0.3) is 0 Å². The fourth-order valence-corrected chi connectivity index (χ4v) is 2.55. The second-order valence-electron chi connectivity index (χ2n) is 5.66. The van der Waals surface area contributed by atoms with E-state index in [9.17, 15) is 14.4 Å². The van der Waals surface area contributed by atoms with Gasteiger partial charge >= 0.3 is 0 Å². The SMILES string of the molecule is CCN(CC)C(=O)CCCNC(=O)[C@@H](C)NC(=O)c1ccc(Br)cc1. The van der Waals surface area contributed by atoms with E-state index in [4.69, 9.17) is 0 Å². The summed E-state index contributed by atoms with van der Waals surface area (Å²) in [6.07, 6.45) is 0.982. The molecule has 3 amide bonds. The first-order valence-corrected chi connectivity index (χ1v) is 9.30. The Labute approximate surface area is 157 Å². The lowest BCUT2D eigenvalue weighted by Crippen LogP contribution is -2.45. The summed E-state index contributed by atoms with van der Waals surface area (Å²) in [5.41, 5.74) is 0.493. The van der Waals surface area contributed by atoms with Crippen LogP contribution < -0.4 is 10.6 Å². The molecular formula is C18H26BrN3O3. The summed E-state index contributed by atoms with van der Waals surface area (Å²) in [6, 6.07) is 6.26. The number of halogens is 1. The first-order valence-electron chi connectivity index (χ1n) is 8.50. The molecule has 1 atom stereocenters. The van der Waals surface area contributed by atoms with Crippen molar-refractivity contribution in [2.75, 3.05) is 19.6 Å². The zero-order chi connectivity index (χ0) is 18.8. The Bertz CT molecular complexity index is 586. The smallest absolute Gasteiger partial charge is 0.251 e. The Kier molecular flexibility index (Phi) is 9.20. The van der Waals surface area contributed by atoms with Crippen molar-refractivity contribution in [3.63, 3.8) is 0 Å². The Balaban J connectivity index is 2.33. The van der Waals surface area contributed by atoms with Crippen molar-refractivity contribution in [3.05, 3.63) is 34.3 Å². The quantitative estimate of drug-likeness (QED) is 0.612. The molecule has 6 nitrogen and oxygen atoms in total. The van der Waals surface area contributed by atoms with E-state index in [0.29, 0.717) is 38.0 Å². The minimum absolute atomic E-state index is 0.0934. The van der Waals surface area contributed by atoms with E-state index in [2.05, 4.69) is 26.6 Å². The average molecular weight is 412 g/mol. The first-order chi connectivity index (χ1) is 11.9. The second-order valence-corrected chi connectivity index (χ2v) is 6.58. The molecule has 0 aliphatic carbocycles. The molecule has 0 radical (unpaired) electrons. The fraction of sp³-hybridized carbons (Fsp3) is 0.500.